The normalized spacial score (nSPS) is 10.2. The molecule has 1 N–H and O–H groups in total. The Morgan fingerprint density at radius 3 is 2.67 bits per heavy atom. The molecule has 1 aromatic heterocycles. The van der Waals surface area contributed by atoms with Gasteiger partial charge in [-0.05, 0) is 24.3 Å². The zero-order chi connectivity index (χ0) is 10.5. The van der Waals surface area contributed by atoms with Gasteiger partial charge in [-0.2, -0.15) is 0 Å². The molecule has 78 valence electrons. The predicted molar refractivity (Wildman–Crippen MR) is 60.1 cm³/mol. The fourth-order valence-corrected chi connectivity index (χ4v) is 1.80. The molecular formula is C11H11NO2S. The molecule has 0 atom stereocenters. The van der Waals surface area contributed by atoms with E-state index in [9.17, 15) is 0 Å². The molecule has 0 aliphatic rings. The maximum atomic E-state index is 8.60. The van der Waals surface area contributed by atoms with E-state index in [1.54, 1.807) is 11.3 Å². The van der Waals surface area contributed by atoms with Gasteiger partial charge < -0.3 is 9.84 Å². The maximum absolute atomic E-state index is 8.60. The predicted octanol–water partition coefficient (Wildman–Crippen LogP) is 2.18. The lowest BCUT2D eigenvalue weighted by Crippen LogP contribution is -2.01. The van der Waals surface area contributed by atoms with Gasteiger partial charge in [-0.1, -0.05) is 0 Å². The number of aliphatic hydroxyl groups excluding tert-OH is 1. The van der Waals surface area contributed by atoms with Crippen LogP contribution >= 0.6 is 11.3 Å². The van der Waals surface area contributed by atoms with Crippen LogP contribution in [-0.2, 0) is 0 Å². The van der Waals surface area contributed by atoms with E-state index in [2.05, 4.69) is 4.98 Å². The highest BCUT2D eigenvalue weighted by Gasteiger charge is 1.99. The zero-order valence-corrected chi connectivity index (χ0v) is 8.91. The Morgan fingerprint density at radius 1 is 1.27 bits per heavy atom. The molecule has 15 heavy (non-hydrogen) atoms. The van der Waals surface area contributed by atoms with Gasteiger partial charge in [0, 0.05) is 10.9 Å². The highest BCUT2D eigenvalue weighted by Crippen LogP contribution is 2.21. The van der Waals surface area contributed by atoms with Crippen LogP contribution in [0, 0.1) is 0 Å². The summed E-state index contributed by atoms with van der Waals surface area (Å²) in [5.41, 5.74) is 3.87. The molecule has 3 nitrogen and oxygen atoms in total. The summed E-state index contributed by atoms with van der Waals surface area (Å²) < 4.78 is 5.26. The summed E-state index contributed by atoms with van der Waals surface area (Å²) in [5, 5.41) is 10.6. The molecule has 2 rings (SSSR count). The Labute approximate surface area is 92.0 Å². The molecule has 0 aliphatic heterocycles. The molecule has 1 aromatic carbocycles. The largest absolute Gasteiger partial charge is 0.491 e. The first-order valence-electron chi connectivity index (χ1n) is 4.62. The number of ether oxygens (including phenoxy) is 1. The average Bonchev–Trinajstić information content (AvgIpc) is 2.80. The zero-order valence-electron chi connectivity index (χ0n) is 8.09. The SMILES string of the molecule is OCCOc1ccc(-c2cscn2)cc1. The van der Waals surface area contributed by atoms with Crippen LogP contribution in [0.1, 0.15) is 0 Å². The fourth-order valence-electron chi connectivity index (χ4n) is 1.24. The summed E-state index contributed by atoms with van der Waals surface area (Å²) in [7, 11) is 0. The number of nitrogens with zero attached hydrogens (tertiary/aromatic N) is 1. The minimum atomic E-state index is 0.0356. The summed E-state index contributed by atoms with van der Waals surface area (Å²) >= 11 is 1.58. The van der Waals surface area contributed by atoms with Gasteiger partial charge in [0.05, 0.1) is 17.8 Å². The van der Waals surface area contributed by atoms with Crippen LogP contribution in [0.3, 0.4) is 0 Å². The van der Waals surface area contributed by atoms with Gasteiger partial charge in [0.25, 0.3) is 0 Å². The van der Waals surface area contributed by atoms with E-state index in [1.165, 1.54) is 0 Å². The second-order valence-electron chi connectivity index (χ2n) is 2.97. The van der Waals surface area contributed by atoms with E-state index >= 15 is 0 Å². The van der Waals surface area contributed by atoms with E-state index in [4.69, 9.17) is 9.84 Å². The molecule has 0 unspecified atom stereocenters. The molecule has 1 heterocycles. The van der Waals surface area contributed by atoms with E-state index in [1.807, 2.05) is 35.2 Å². The lowest BCUT2D eigenvalue weighted by atomic mass is 10.2. The van der Waals surface area contributed by atoms with Crippen LogP contribution in [0.2, 0.25) is 0 Å². The van der Waals surface area contributed by atoms with Crippen LogP contribution in [-0.4, -0.2) is 23.3 Å². The summed E-state index contributed by atoms with van der Waals surface area (Å²) in [6.07, 6.45) is 0. The van der Waals surface area contributed by atoms with Gasteiger partial charge >= 0.3 is 0 Å². The summed E-state index contributed by atoms with van der Waals surface area (Å²) in [6.45, 7) is 0.365. The van der Waals surface area contributed by atoms with Gasteiger partial charge in [0.15, 0.2) is 0 Å². The van der Waals surface area contributed by atoms with Gasteiger partial charge in [-0.15, -0.1) is 11.3 Å². The molecule has 4 heteroatoms. The molecule has 0 radical (unpaired) electrons. The highest BCUT2D eigenvalue weighted by molar-refractivity contribution is 7.07. The van der Waals surface area contributed by atoms with Crippen LogP contribution in [0.4, 0.5) is 0 Å². The van der Waals surface area contributed by atoms with Crippen LogP contribution < -0.4 is 4.74 Å². The quantitative estimate of drug-likeness (QED) is 0.860. The Balaban J connectivity index is 2.11. The van der Waals surface area contributed by atoms with Crippen molar-refractivity contribution in [3.8, 4) is 17.0 Å². The van der Waals surface area contributed by atoms with Crippen molar-refractivity contribution in [2.75, 3.05) is 13.2 Å². The number of hydrogen-bond donors (Lipinski definition) is 1. The van der Waals surface area contributed by atoms with Gasteiger partial charge in [0.2, 0.25) is 0 Å². The number of aliphatic hydroxyl groups is 1. The minimum absolute atomic E-state index is 0.0356. The third-order valence-electron chi connectivity index (χ3n) is 1.94. The van der Waals surface area contributed by atoms with Crippen molar-refractivity contribution in [1.82, 2.24) is 4.98 Å². The average molecular weight is 221 g/mol. The Morgan fingerprint density at radius 2 is 2.07 bits per heavy atom. The number of rotatable bonds is 4. The number of benzene rings is 1. The molecule has 0 aliphatic carbocycles. The van der Waals surface area contributed by atoms with Crippen molar-refractivity contribution in [1.29, 1.82) is 0 Å². The van der Waals surface area contributed by atoms with Crippen LogP contribution in [0.5, 0.6) is 5.75 Å². The maximum Gasteiger partial charge on any atom is 0.119 e. The van der Waals surface area contributed by atoms with Crippen molar-refractivity contribution < 1.29 is 9.84 Å². The third-order valence-corrected chi connectivity index (χ3v) is 2.53. The Bertz CT molecular complexity index is 397. The van der Waals surface area contributed by atoms with Crippen molar-refractivity contribution in [2.45, 2.75) is 0 Å². The first kappa shape index (κ1) is 10.1. The lowest BCUT2D eigenvalue weighted by molar-refractivity contribution is 0.201. The topological polar surface area (TPSA) is 42.4 Å². The summed E-state index contributed by atoms with van der Waals surface area (Å²) in [4.78, 5) is 4.22. The first-order chi connectivity index (χ1) is 7.40. The molecule has 0 fully saturated rings. The number of aromatic nitrogens is 1. The number of hydrogen-bond acceptors (Lipinski definition) is 4. The smallest absolute Gasteiger partial charge is 0.119 e. The van der Waals surface area contributed by atoms with Gasteiger partial charge in [-0.25, -0.2) is 4.98 Å². The van der Waals surface area contributed by atoms with Crippen molar-refractivity contribution in [3.63, 3.8) is 0 Å². The monoisotopic (exact) mass is 221 g/mol. The summed E-state index contributed by atoms with van der Waals surface area (Å²) in [5.74, 6) is 0.767. The lowest BCUT2D eigenvalue weighted by Gasteiger charge is -2.04. The fraction of sp³-hybridized carbons (Fsp3) is 0.182. The molecule has 0 spiro atoms. The van der Waals surface area contributed by atoms with Crippen molar-refractivity contribution in [2.24, 2.45) is 0 Å². The van der Waals surface area contributed by atoms with Crippen LogP contribution in [0.15, 0.2) is 35.2 Å². The van der Waals surface area contributed by atoms with Crippen LogP contribution in [0.25, 0.3) is 11.3 Å². The van der Waals surface area contributed by atoms with E-state index < -0.39 is 0 Å². The standard InChI is InChI=1S/C11H11NO2S/c13-5-6-14-10-3-1-9(2-4-10)11-7-15-8-12-11/h1-4,7-8,13H,5-6H2. The van der Waals surface area contributed by atoms with E-state index in [0.717, 1.165) is 17.0 Å². The molecule has 2 aromatic rings. The summed E-state index contributed by atoms with van der Waals surface area (Å²) in [6, 6.07) is 7.68. The Hall–Kier alpha value is -1.39. The van der Waals surface area contributed by atoms with Crippen molar-refractivity contribution in [3.05, 3.63) is 35.2 Å². The highest BCUT2D eigenvalue weighted by atomic mass is 32.1. The first-order valence-corrected chi connectivity index (χ1v) is 5.57. The molecule has 0 bridgehead atoms. The van der Waals surface area contributed by atoms with E-state index in [-0.39, 0.29) is 6.61 Å². The minimum Gasteiger partial charge on any atom is -0.491 e. The van der Waals surface area contributed by atoms with Crippen molar-refractivity contribution >= 4 is 11.3 Å². The van der Waals surface area contributed by atoms with Gasteiger partial charge in [-0.3, -0.25) is 0 Å². The molecule has 0 amide bonds. The third kappa shape index (κ3) is 2.55. The molecule has 0 saturated carbocycles. The number of thiazole rings is 1. The second kappa shape index (κ2) is 4.91. The Kier molecular flexibility index (Phi) is 3.32. The van der Waals surface area contributed by atoms with Gasteiger partial charge in [0.1, 0.15) is 12.4 Å². The second-order valence-corrected chi connectivity index (χ2v) is 3.69. The van der Waals surface area contributed by atoms with E-state index in [0.29, 0.717) is 6.61 Å². The molecule has 0 saturated heterocycles. The molecular weight excluding hydrogens is 210 g/mol.